The Morgan fingerprint density at radius 2 is 1.94 bits per heavy atom. The fraction of sp³-hybridized carbons (Fsp3) is 0.360. The van der Waals surface area contributed by atoms with E-state index in [1.54, 1.807) is 19.0 Å². The first kappa shape index (κ1) is 21.7. The van der Waals surface area contributed by atoms with Crippen LogP contribution in [0.25, 0.3) is 12.2 Å². The van der Waals surface area contributed by atoms with Crippen molar-refractivity contribution < 1.29 is 4.79 Å². The Morgan fingerprint density at radius 3 is 2.62 bits per heavy atom. The van der Waals surface area contributed by atoms with Gasteiger partial charge < -0.3 is 9.80 Å². The number of aryl methyl sites for hydroxylation is 3. The Morgan fingerprint density at radius 1 is 1.19 bits per heavy atom. The SMILES string of the molecule is CCc1cc(C)cc(C(=O)N(C)C)c1/C=C/c1cnc(N2CCc3nn(C)cc3C2)nc1. The van der Waals surface area contributed by atoms with Crippen LogP contribution in [0.4, 0.5) is 5.95 Å². The fourth-order valence-electron chi connectivity index (χ4n) is 4.16. The molecule has 2 aromatic heterocycles. The molecule has 0 saturated heterocycles. The van der Waals surface area contributed by atoms with E-state index >= 15 is 0 Å². The summed E-state index contributed by atoms with van der Waals surface area (Å²) in [6.45, 7) is 5.77. The molecule has 0 fully saturated rings. The van der Waals surface area contributed by atoms with E-state index in [-0.39, 0.29) is 5.91 Å². The molecule has 3 heterocycles. The molecule has 1 aromatic carbocycles. The van der Waals surface area contributed by atoms with E-state index in [9.17, 15) is 4.79 Å². The lowest BCUT2D eigenvalue weighted by atomic mass is 9.95. The molecule has 7 nitrogen and oxygen atoms in total. The van der Waals surface area contributed by atoms with E-state index in [4.69, 9.17) is 0 Å². The molecule has 0 N–H and O–H groups in total. The lowest BCUT2D eigenvalue weighted by Crippen LogP contribution is -2.31. The number of aromatic nitrogens is 4. The molecule has 7 heteroatoms. The Labute approximate surface area is 189 Å². The number of hydrogen-bond acceptors (Lipinski definition) is 5. The smallest absolute Gasteiger partial charge is 0.253 e. The van der Waals surface area contributed by atoms with Crippen LogP contribution >= 0.6 is 0 Å². The molecule has 0 bridgehead atoms. The normalized spacial score (nSPS) is 13.5. The quantitative estimate of drug-likeness (QED) is 0.620. The van der Waals surface area contributed by atoms with Crippen LogP contribution < -0.4 is 4.90 Å². The Bertz CT molecular complexity index is 1160. The zero-order valence-electron chi connectivity index (χ0n) is 19.5. The third kappa shape index (κ3) is 4.42. The highest BCUT2D eigenvalue weighted by Gasteiger charge is 2.21. The van der Waals surface area contributed by atoms with Gasteiger partial charge in [-0.05, 0) is 30.5 Å². The Balaban J connectivity index is 1.56. The van der Waals surface area contributed by atoms with Crippen LogP contribution in [-0.2, 0) is 26.4 Å². The number of benzene rings is 1. The van der Waals surface area contributed by atoms with Crippen LogP contribution in [-0.4, -0.2) is 51.2 Å². The van der Waals surface area contributed by atoms with Crippen molar-refractivity contribution in [2.45, 2.75) is 33.2 Å². The van der Waals surface area contributed by atoms with E-state index < -0.39 is 0 Å². The zero-order chi connectivity index (χ0) is 22.8. The number of nitrogens with zero attached hydrogens (tertiary/aromatic N) is 6. The predicted molar refractivity (Wildman–Crippen MR) is 127 cm³/mol. The van der Waals surface area contributed by atoms with Gasteiger partial charge in [-0.1, -0.05) is 30.7 Å². The van der Waals surface area contributed by atoms with Gasteiger partial charge in [-0.2, -0.15) is 5.10 Å². The van der Waals surface area contributed by atoms with E-state index in [1.807, 2.05) is 49.3 Å². The van der Waals surface area contributed by atoms with Crippen molar-refractivity contribution in [3.8, 4) is 0 Å². The van der Waals surface area contributed by atoms with E-state index in [1.165, 1.54) is 5.56 Å². The summed E-state index contributed by atoms with van der Waals surface area (Å²) in [5.41, 5.74) is 7.23. The van der Waals surface area contributed by atoms with Gasteiger partial charge in [0, 0.05) is 75.9 Å². The number of carbonyl (C=O) groups excluding carboxylic acids is 1. The molecule has 1 aliphatic heterocycles. The van der Waals surface area contributed by atoms with E-state index in [0.717, 1.165) is 65.4 Å². The number of carbonyl (C=O) groups is 1. The molecule has 0 spiro atoms. The van der Waals surface area contributed by atoms with Gasteiger partial charge in [-0.15, -0.1) is 0 Å². The maximum Gasteiger partial charge on any atom is 0.253 e. The average Bonchev–Trinajstić information content (AvgIpc) is 3.16. The molecule has 1 aliphatic rings. The molecular formula is C25H30N6O. The van der Waals surface area contributed by atoms with Crippen LogP contribution in [0.5, 0.6) is 0 Å². The predicted octanol–water partition coefficient (Wildman–Crippen LogP) is 3.52. The summed E-state index contributed by atoms with van der Waals surface area (Å²) in [5, 5.41) is 4.51. The maximum atomic E-state index is 12.8. The van der Waals surface area contributed by atoms with Crippen molar-refractivity contribution in [2.24, 2.45) is 7.05 Å². The summed E-state index contributed by atoms with van der Waals surface area (Å²) in [7, 11) is 5.52. The highest BCUT2D eigenvalue weighted by molar-refractivity contribution is 5.99. The average molecular weight is 431 g/mol. The molecule has 0 saturated carbocycles. The lowest BCUT2D eigenvalue weighted by molar-refractivity contribution is 0.0827. The minimum absolute atomic E-state index is 0.00881. The molecule has 4 rings (SSSR count). The number of fused-ring (bicyclic) bond motifs is 1. The molecule has 3 aromatic rings. The van der Waals surface area contributed by atoms with Crippen LogP contribution in [0.2, 0.25) is 0 Å². The molecule has 0 atom stereocenters. The largest absolute Gasteiger partial charge is 0.345 e. The minimum Gasteiger partial charge on any atom is -0.345 e. The van der Waals surface area contributed by atoms with Crippen LogP contribution in [0.15, 0.2) is 30.7 Å². The van der Waals surface area contributed by atoms with Crippen LogP contribution in [0.3, 0.4) is 0 Å². The molecule has 32 heavy (non-hydrogen) atoms. The monoisotopic (exact) mass is 430 g/mol. The van der Waals surface area contributed by atoms with Crippen molar-refractivity contribution in [1.82, 2.24) is 24.6 Å². The van der Waals surface area contributed by atoms with Gasteiger partial charge in [0.2, 0.25) is 5.95 Å². The van der Waals surface area contributed by atoms with Gasteiger partial charge >= 0.3 is 0 Å². The van der Waals surface area contributed by atoms with Gasteiger partial charge in [0.25, 0.3) is 5.91 Å². The molecule has 166 valence electrons. The number of anilines is 1. The van der Waals surface area contributed by atoms with E-state index in [2.05, 4.69) is 39.2 Å². The molecule has 0 unspecified atom stereocenters. The van der Waals surface area contributed by atoms with Crippen LogP contribution in [0, 0.1) is 6.92 Å². The molecule has 0 radical (unpaired) electrons. The van der Waals surface area contributed by atoms with Gasteiger partial charge in [-0.3, -0.25) is 9.48 Å². The Kier molecular flexibility index (Phi) is 6.08. The third-order valence-electron chi connectivity index (χ3n) is 5.78. The van der Waals surface area contributed by atoms with Crippen molar-refractivity contribution in [3.63, 3.8) is 0 Å². The number of amides is 1. The summed E-state index contributed by atoms with van der Waals surface area (Å²) in [6, 6.07) is 4.11. The van der Waals surface area contributed by atoms with Gasteiger partial charge in [0.15, 0.2) is 0 Å². The van der Waals surface area contributed by atoms with Crippen molar-refractivity contribution in [1.29, 1.82) is 0 Å². The van der Waals surface area contributed by atoms with E-state index in [0.29, 0.717) is 0 Å². The highest BCUT2D eigenvalue weighted by atomic mass is 16.2. The molecular weight excluding hydrogens is 400 g/mol. The summed E-state index contributed by atoms with van der Waals surface area (Å²) in [5.74, 6) is 0.735. The lowest BCUT2D eigenvalue weighted by Gasteiger charge is -2.26. The first-order valence-electron chi connectivity index (χ1n) is 11.0. The van der Waals surface area contributed by atoms with Crippen molar-refractivity contribution in [3.05, 3.63) is 69.8 Å². The van der Waals surface area contributed by atoms with Gasteiger partial charge in [0.1, 0.15) is 0 Å². The first-order valence-corrected chi connectivity index (χ1v) is 11.0. The molecule has 1 amide bonds. The third-order valence-corrected chi connectivity index (χ3v) is 5.78. The number of hydrogen-bond donors (Lipinski definition) is 0. The zero-order valence-corrected chi connectivity index (χ0v) is 19.5. The van der Waals surface area contributed by atoms with Gasteiger partial charge in [-0.25, -0.2) is 9.97 Å². The second kappa shape index (κ2) is 8.94. The summed E-state index contributed by atoms with van der Waals surface area (Å²) >= 11 is 0. The van der Waals surface area contributed by atoms with Gasteiger partial charge in [0.05, 0.1) is 5.69 Å². The summed E-state index contributed by atoms with van der Waals surface area (Å²) < 4.78 is 1.87. The summed E-state index contributed by atoms with van der Waals surface area (Å²) in [6.07, 6.45) is 11.5. The second-order valence-electron chi connectivity index (χ2n) is 8.53. The minimum atomic E-state index is 0.00881. The van der Waals surface area contributed by atoms with Crippen molar-refractivity contribution in [2.75, 3.05) is 25.5 Å². The molecule has 0 aliphatic carbocycles. The second-order valence-corrected chi connectivity index (χ2v) is 8.53. The first-order chi connectivity index (χ1) is 15.4. The standard InChI is InChI=1S/C25H30N6O/c1-6-19-11-17(2)12-22(24(32)29(3)4)21(19)8-7-18-13-26-25(27-14-18)31-10-9-23-20(16-31)15-30(5)28-23/h7-8,11-15H,6,9-10,16H2,1-5H3/b8-7+. The fourth-order valence-corrected chi connectivity index (χ4v) is 4.16. The van der Waals surface area contributed by atoms with Crippen molar-refractivity contribution >= 4 is 24.0 Å². The van der Waals surface area contributed by atoms with Crippen LogP contribution in [0.1, 0.15) is 50.8 Å². The summed E-state index contributed by atoms with van der Waals surface area (Å²) in [4.78, 5) is 25.8. The highest BCUT2D eigenvalue weighted by Crippen LogP contribution is 2.24. The topological polar surface area (TPSA) is 67.2 Å². The number of rotatable bonds is 5. The maximum absolute atomic E-state index is 12.8. The Hall–Kier alpha value is -3.48.